The summed E-state index contributed by atoms with van der Waals surface area (Å²) >= 11 is 0. The van der Waals surface area contributed by atoms with Crippen LogP contribution in [0.5, 0.6) is 0 Å². The highest BCUT2D eigenvalue weighted by Crippen LogP contribution is 2.16. The van der Waals surface area contributed by atoms with E-state index in [9.17, 15) is 12.8 Å². The van der Waals surface area contributed by atoms with Crippen molar-refractivity contribution in [2.24, 2.45) is 7.05 Å². The van der Waals surface area contributed by atoms with Crippen molar-refractivity contribution in [3.63, 3.8) is 0 Å². The number of aryl methyl sites for hydroxylation is 1. The molecule has 0 aliphatic rings. The molecule has 2 rings (SSSR count). The van der Waals surface area contributed by atoms with Gasteiger partial charge in [-0.3, -0.25) is 0 Å². The molecule has 0 saturated carbocycles. The van der Waals surface area contributed by atoms with Gasteiger partial charge < -0.3 is 4.57 Å². The summed E-state index contributed by atoms with van der Waals surface area (Å²) in [6, 6.07) is 4.28. The van der Waals surface area contributed by atoms with E-state index in [0.29, 0.717) is 11.3 Å². The quantitative estimate of drug-likeness (QED) is 0.895. The van der Waals surface area contributed by atoms with E-state index in [-0.39, 0.29) is 12.4 Å². The van der Waals surface area contributed by atoms with Crippen molar-refractivity contribution >= 4 is 21.2 Å². The Balaban J connectivity index is 2.29. The molecule has 0 unspecified atom stereocenters. The van der Waals surface area contributed by atoms with Gasteiger partial charge in [0.15, 0.2) is 0 Å². The normalized spacial score (nSPS) is 12.5. The molecule has 104 valence electrons. The average Bonchev–Trinajstić information content (AvgIpc) is 2.63. The van der Waals surface area contributed by atoms with Crippen LogP contribution in [-0.4, -0.2) is 36.4 Å². The van der Waals surface area contributed by atoms with Crippen LogP contribution in [-0.2, 0) is 23.8 Å². The summed E-state index contributed by atoms with van der Waals surface area (Å²) in [5.74, 6) is 0.150. The average molecular weight is 286 g/mol. The molecule has 0 spiro atoms. The van der Waals surface area contributed by atoms with Crippen molar-refractivity contribution in [2.45, 2.75) is 6.54 Å². The minimum Gasteiger partial charge on any atom is -0.330 e. The fraction of sp³-hybridized carbons (Fsp3) is 0.364. The van der Waals surface area contributed by atoms with Crippen molar-refractivity contribution in [1.82, 2.24) is 18.6 Å². The number of nitrogens with zero attached hydrogens (tertiary/aromatic N) is 3. The van der Waals surface area contributed by atoms with Gasteiger partial charge in [0.25, 0.3) is 10.2 Å². The number of rotatable bonds is 4. The molecule has 1 heterocycles. The van der Waals surface area contributed by atoms with Gasteiger partial charge in [-0.25, -0.2) is 9.37 Å². The van der Waals surface area contributed by atoms with Crippen LogP contribution < -0.4 is 4.72 Å². The number of hydrogen-bond donors (Lipinski definition) is 1. The maximum atomic E-state index is 13.1. The molecule has 0 bridgehead atoms. The summed E-state index contributed by atoms with van der Waals surface area (Å²) < 4.78 is 41.5. The molecule has 0 aliphatic heterocycles. The number of nitrogens with one attached hydrogen (secondary N) is 1. The lowest BCUT2D eigenvalue weighted by Gasteiger charge is -2.11. The van der Waals surface area contributed by atoms with E-state index in [1.807, 2.05) is 0 Å². The first-order chi connectivity index (χ1) is 8.81. The molecule has 19 heavy (non-hydrogen) atoms. The van der Waals surface area contributed by atoms with Gasteiger partial charge in [0, 0.05) is 27.2 Å². The van der Waals surface area contributed by atoms with Crippen molar-refractivity contribution in [2.75, 3.05) is 14.1 Å². The molecule has 1 aromatic heterocycles. The second-order valence-electron chi connectivity index (χ2n) is 4.33. The van der Waals surface area contributed by atoms with E-state index in [2.05, 4.69) is 9.71 Å². The van der Waals surface area contributed by atoms with Crippen LogP contribution in [0.25, 0.3) is 11.0 Å². The monoisotopic (exact) mass is 286 g/mol. The third-order valence-electron chi connectivity index (χ3n) is 2.83. The Morgan fingerprint density at radius 3 is 2.74 bits per heavy atom. The Labute approximate surface area is 111 Å². The summed E-state index contributed by atoms with van der Waals surface area (Å²) in [6.07, 6.45) is 0. The number of fused-ring (bicyclic) bond motifs is 1. The van der Waals surface area contributed by atoms with Crippen molar-refractivity contribution in [3.05, 3.63) is 29.8 Å². The SMILES string of the molecule is CN(C)S(=O)(=O)NCc1nc2cc(F)ccc2n1C. The molecule has 0 aliphatic carbocycles. The molecular formula is C11H15FN4O2S. The third kappa shape index (κ3) is 2.75. The topological polar surface area (TPSA) is 67.2 Å². The van der Waals surface area contributed by atoms with Gasteiger partial charge in [0.05, 0.1) is 17.6 Å². The highest BCUT2D eigenvalue weighted by Gasteiger charge is 2.15. The molecule has 0 amide bonds. The lowest BCUT2D eigenvalue weighted by atomic mass is 10.3. The maximum absolute atomic E-state index is 13.1. The van der Waals surface area contributed by atoms with E-state index >= 15 is 0 Å². The van der Waals surface area contributed by atoms with Gasteiger partial charge in [-0.05, 0) is 12.1 Å². The van der Waals surface area contributed by atoms with E-state index in [1.165, 1.54) is 26.2 Å². The molecule has 2 aromatic rings. The minimum absolute atomic E-state index is 0.0489. The van der Waals surface area contributed by atoms with Crippen LogP contribution in [0, 0.1) is 5.82 Å². The van der Waals surface area contributed by atoms with Crippen molar-refractivity contribution in [1.29, 1.82) is 0 Å². The van der Waals surface area contributed by atoms with Gasteiger partial charge in [-0.1, -0.05) is 0 Å². The smallest absolute Gasteiger partial charge is 0.279 e. The minimum atomic E-state index is -3.50. The predicted molar refractivity (Wildman–Crippen MR) is 70.1 cm³/mol. The second-order valence-corrected chi connectivity index (χ2v) is 6.30. The molecule has 6 nitrogen and oxygen atoms in total. The Morgan fingerprint density at radius 1 is 1.42 bits per heavy atom. The summed E-state index contributed by atoms with van der Waals surface area (Å²) in [4.78, 5) is 4.21. The van der Waals surface area contributed by atoms with E-state index in [4.69, 9.17) is 0 Å². The summed E-state index contributed by atoms with van der Waals surface area (Å²) in [6.45, 7) is 0.0489. The first-order valence-electron chi connectivity index (χ1n) is 5.59. The third-order valence-corrected chi connectivity index (χ3v) is 4.30. The molecule has 0 fully saturated rings. The zero-order valence-electron chi connectivity index (χ0n) is 10.9. The Kier molecular flexibility index (Phi) is 3.57. The number of benzene rings is 1. The fourth-order valence-corrected chi connectivity index (χ4v) is 2.24. The van der Waals surface area contributed by atoms with Gasteiger partial charge in [0.1, 0.15) is 11.6 Å². The molecule has 1 N–H and O–H groups in total. The number of aromatic nitrogens is 2. The summed E-state index contributed by atoms with van der Waals surface area (Å²) in [7, 11) is 1.13. The molecule has 1 aromatic carbocycles. The van der Waals surface area contributed by atoms with Crippen LogP contribution in [0.1, 0.15) is 5.82 Å². The van der Waals surface area contributed by atoms with Crippen LogP contribution in [0.3, 0.4) is 0 Å². The molecule has 0 radical (unpaired) electrons. The highest BCUT2D eigenvalue weighted by atomic mass is 32.2. The number of hydrogen-bond acceptors (Lipinski definition) is 3. The van der Waals surface area contributed by atoms with Gasteiger partial charge >= 0.3 is 0 Å². The zero-order chi connectivity index (χ0) is 14.2. The van der Waals surface area contributed by atoms with Crippen molar-refractivity contribution in [3.8, 4) is 0 Å². The van der Waals surface area contributed by atoms with Gasteiger partial charge in [-0.15, -0.1) is 0 Å². The van der Waals surface area contributed by atoms with E-state index in [1.54, 1.807) is 17.7 Å². The number of halogens is 1. The molecule has 0 saturated heterocycles. The van der Waals surface area contributed by atoms with Gasteiger partial charge in [-0.2, -0.15) is 17.4 Å². The Hall–Kier alpha value is -1.51. The molecule has 8 heteroatoms. The van der Waals surface area contributed by atoms with Crippen LogP contribution >= 0.6 is 0 Å². The lowest BCUT2D eigenvalue weighted by Crippen LogP contribution is -2.35. The largest absolute Gasteiger partial charge is 0.330 e. The standard InChI is InChI=1S/C11H15FN4O2S/c1-15(2)19(17,18)13-7-11-14-9-6-8(12)4-5-10(9)16(11)3/h4-6,13H,7H2,1-3H3. The summed E-state index contributed by atoms with van der Waals surface area (Å²) in [5, 5.41) is 0. The first-order valence-corrected chi connectivity index (χ1v) is 7.03. The van der Waals surface area contributed by atoms with E-state index < -0.39 is 10.2 Å². The molecule has 0 atom stereocenters. The molecular weight excluding hydrogens is 271 g/mol. The highest BCUT2D eigenvalue weighted by molar-refractivity contribution is 7.87. The van der Waals surface area contributed by atoms with Crippen LogP contribution in [0.15, 0.2) is 18.2 Å². The van der Waals surface area contributed by atoms with Crippen molar-refractivity contribution < 1.29 is 12.8 Å². The van der Waals surface area contributed by atoms with Gasteiger partial charge in [0.2, 0.25) is 0 Å². The Bertz CT molecular complexity index is 709. The summed E-state index contributed by atoms with van der Waals surface area (Å²) in [5.41, 5.74) is 1.25. The lowest BCUT2D eigenvalue weighted by molar-refractivity contribution is 0.503. The Morgan fingerprint density at radius 2 is 2.11 bits per heavy atom. The zero-order valence-corrected chi connectivity index (χ0v) is 11.7. The second kappa shape index (κ2) is 4.87. The maximum Gasteiger partial charge on any atom is 0.279 e. The first kappa shape index (κ1) is 13.9. The fourth-order valence-electron chi connectivity index (χ4n) is 1.67. The number of imidazole rings is 1. The van der Waals surface area contributed by atoms with Crippen LogP contribution in [0.4, 0.5) is 4.39 Å². The predicted octanol–water partition coefficient (Wildman–Crippen LogP) is 0.608. The van der Waals surface area contributed by atoms with E-state index in [0.717, 1.165) is 9.82 Å². The van der Waals surface area contributed by atoms with Crippen LogP contribution in [0.2, 0.25) is 0 Å².